The molecule has 6 nitrogen and oxygen atoms in total. The summed E-state index contributed by atoms with van der Waals surface area (Å²) in [6.45, 7) is 1.88. The van der Waals surface area contributed by atoms with Crippen LogP contribution in [0, 0.1) is 0 Å². The fourth-order valence-corrected chi connectivity index (χ4v) is 4.03. The highest BCUT2D eigenvalue weighted by molar-refractivity contribution is 7.99. The molecule has 0 atom stereocenters. The molecule has 1 aromatic heterocycles. The number of benzene rings is 2. The molecule has 0 aliphatic carbocycles. The van der Waals surface area contributed by atoms with Crippen molar-refractivity contribution in [2.45, 2.75) is 17.6 Å². The Morgan fingerprint density at radius 3 is 2.50 bits per heavy atom. The van der Waals surface area contributed by atoms with Crippen LogP contribution in [0.3, 0.4) is 0 Å². The van der Waals surface area contributed by atoms with Gasteiger partial charge < -0.3 is 10.1 Å². The molecule has 30 heavy (non-hydrogen) atoms. The average molecular weight is 450 g/mol. The Balaban J connectivity index is 1.92. The van der Waals surface area contributed by atoms with Crippen molar-refractivity contribution >= 4 is 45.2 Å². The van der Waals surface area contributed by atoms with Crippen molar-refractivity contribution in [3.8, 4) is 11.3 Å². The molecule has 2 amide bonds. The van der Waals surface area contributed by atoms with Crippen molar-refractivity contribution in [1.82, 2.24) is 4.98 Å². The van der Waals surface area contributed by atoms with Crippen LogP contribution in [0.4, 0.5) is 23.7 Å². The molecule has 0 spiro atoms. The van der Waals surface area contributed by atoms with E-state index in [0.29, 0.717) is 22.5 Å². The molecule has 3 rings (SSSR count). The number of nitrogens with zero attached hydrogens (tertiary/aromatic N) is 1. The molecule has 0 fully saturated rings. The molecule has 0 aliphatic heterocycles. The minimum absolute atomic E-state index is 0.120. The normalized spacial score (nSPS) is 10.7. The van der Waals surface area contributed by atoms with Crippen molar-refractivity contribution in [1.29, 1.82) is 0 Å². The van der Waals surface area contributed by atoms with Gasteiger partial charge in [0.1, 0.15) is 10.7 Å². The maximum Gasteiger partial charge on any atom is 0.413 e. The number of alkyl halides is 2. The highest BCUT2D eigenvalue weighted by Crippen LogP contribution is 2.37. The Morgan fingerprint density at radius 1 is 1.10 bits per heavy atom. The van der Waals surface area contributed by atoms with Crippen molar-refractivity contribution in [3.05, 3.63) is 60.2 Å². The maximum atomic E-state index is 12.8. The van der Waals surface area contributed by atoms with Crippen LogP contribution in [0.15, 0.2) is 59.5 Å². The topological polar surface area (TPSA) is 80.3 Å². The third-order valence-corrected chi connectivity index (χ3v) is 5.41. The third-order valence-electron chi connectivity index (χ3n) is 3.73. The van der Waals surface area contributed by atoms with Gasteiger partial charge in [-0.25, -0.2) is 9.78 Å². The van der Waals surface area contributed by atoms with E-state index in [9.17, 15) is 18.4 Å². The van der Waals surface area contributed by atoms with Crippen LogP contribution in [-0.2, 0) is 4.74 Å². The Labute approximate surface area is 179 Å². The van der Waals surface area contributed by atoms with Gasteiger partial charge in [-0.3, -0.25) is 10.1 Å². The Morgan fingerprint density at radius 2 is 1.80 bits per heavy atom. The number of thiazole rings is 1. The van der Waals surface area contributed by atoms with Crippen LogP contribution in [0.2, 0.25) is 0 Å². The van der Waals surface area contributed by atoms with E-state index in [1.54, 1.807) is 31.2 Å². The lowest BCUT2D eigenvalue weighted by Crippen LogP contribution is -2.13. The number of halogens is 2. The molecular formula is C20H17F2N3O3S2. The van der Waals surface area contributed by atoms with Crippen LogP contribution >= 0.6 is 23.1 Å². The number of carbonyl (C=O) groups is 2. The molecule has 156 valence electrons. The number of rotatable bonds is 7. The van der Waals surface area contributed by atoms with Crippen LogP contribution in [0.5, 0.6) is 0 Å². The average Bonchev–Trinajstić information content (AvgIpc) is 3.10. The predicted molar refractivity (Wildman–Crippen MR) is 114 cm³/mol. The molecule has 0 saturated heterocycles. The number of hydrogen-bond donors (Lipinski definition) is 2. The number of carbonyl (C=O) groups excluding carboxylic acids is 2. The lowest BCUT2D eigenvalue weighted by atomic mass is 10.1. The fourth-order valence-electron chi connectivity index (χ4n) is 2.53. The van der Waals surface area contributed by atoms with E-state index < -0.39 is 17.8 Å². The molecule has 0 bridgehead atoms. The van der Waals surface area contributed by atoms with Gasteiger partial charge in [-0.2, -0.15) is 8.78 Å². The second-order valence-electron chi connectivity index (χ2n) is 5.74. The Bertz CT molecular complexity index is 1030. The Kier molecular flexibility index (Phi) is 7.36. The molecular weight excluding hydrogens is 432 g/mol. The molecule has 0 radical (unpaired) electrons. The van der Waals surface area contributed by atoms with Gasteiger partial charge in [0.2, 0.25) is 0 Å². The quantitative estimate of drug-likeness (QED) is 0.436. The minimum Gasteiger partial charge on any atom is -0.450 e. The molecule has 10 heteroatoms. The maximum absolute atomic E-state index is 12.8. The number of amides is 2. The van der Waals surface area contributed by atoms with Crippen molar-refractivity contribution < 1.29 is 23.1 Å². The van der Waals surface area contributed by atoms with Gasteiger partial charge in [-0.05, 0) is 19.1 Å². The van der Waals surface area contributed by atoms with Gasteiger partial charge in [0.15, 0.2) is 5.13 Å². The number of ether oxygens (including phenoxy) is 1. The van der Waals surface area contributed by atoms with E-state index in [0.717, 1.165) is 16.9 Å². The van der Waals surface area contributed by atoms with E-state index in [1.165, 1.54) is 12.1 Å². The van der Waals surface area contributed by atoms with Gasteiger partial charge >= 0.3 is 6.09 Å². The Hall–Kier alpha value is -2.98. The van der Waals surface area contributed by atoms with Crippen LogP contribution in [-0.4, -0.2) is 29.3 Å². The van der Waals surface area contributed by atoms with E-state index in [4.69, 9.17) is 4.74 Å². The van der Waals surface area contributed by atoms with Gasteiger partial charge in [0, 0.05) is 10.5 Å². The first kappa shape index (κ1) is 21.7. The smallest absolute Gasteiger partial charge is 0.413 e. The SMILES string of the molecule is CCOC(=O)Nc1nc(-c2ccccc2)c(NC(=O)c2ccccc2SC(F)F)s1. The predicted octanol–water partition coefficient (Wildman–Crippen LogP) is 5.95. The first-order valence-corrected chi connectivity index (χ1v) is 10.5. The first-order chi connectivity index (χ1) is 14.5. The molecule has 3 aromatic rings. The van der Waals surface area contributed by atoms with Crippen LogP contribution in [0.25, 0.3) is 11.3 Å². The summed E-state index contributed by atoms with van der Waals surface area (Å²) in [7, 11) is 0. The highest BCUT2D eigenvalue weighted by Gasteiger charge is 2.20. The van der Waals surface area contributed by atoms with Gasteiger partial charge in [0.25, 0.3) is 11.7 Å². The van der Waals surface area contributed by atoms with E-state index in [1.807, 2.05) is 18.2 Å². The molecule has 2 N–H and O–H groups in total. The standard InChI is InChI=1S/C20H17F2N3O3S2/c1-2-28-20(27)25-19-23-15(12-8-4-3-5-9-12)17(30-19)24-16(26)13-10-6-7-11-14(13)29-18(21)22/h3-11,18H,2H2,1H3,(H,24,26)(H,23,25,27). The zero-order chi connectivity index (χ0) is 21.5. The highest BCUT2D eigenvalue weighted by atomic mass is 32.2. The first-order valence-electron chi connectivity index (χ1n) is 8.83. The largest absolute Gasteiger partial charge is 0.450 e. The van der Waals surface area contributed by atoms with Gasteiger partial charge in [-0.15, -0.1) is 0 Å². The summed E-state index contributed by atoms with van der Waals surface area (Å²) >= 11 is 1.35. The number of anilines is 2. The number of hydrogen-bond acceptors (Lipinski definition) is 6. The van der Waals surface area contributed by atoms with Crippen molar-refractivity contribution in [3.63, 3.8) is 0 Å². The van der Waals surface area contributed by atoms with Gasteiger partial charge in [0.05, 0.1) is 12.2 Å². The second kappa shape index (κ2) is 10.2. The molecule has 0 unspecified atom stereocenters. The van der Waals surface area contributed by atoms with Crippen LogP contribution in [0.1, 0.15) is 17.3 Å². The molecule has 0 aliphatic rings. The molecule has 2 aromatic carbocycles. The zero-order valence-electron chi connectivity index (χ0n) is 15.7. The summed E-state index contributed by atoms with van der Waals surface area (Å²) in [4.78, 5) is 29.1. The van der Waals surface area contributed by atoms with E-state index >= 15 is 0 Å². The van der Waals surface area contributed by atoms with Gasteiger partial charge in [-0.1, -0.05) is 65.6 Å². The third kappa shape index (κ3) is 5.55. The fraction of sp³-hybridized carbons (Fsp3) is 0.150. The monoisotopic (exact) mass is 449 g/mol. The summed E-state index contributed by atoms with van der Waals surface area (Å²) in [5.41, 5.74) is 1.28. The van der Waals surface area contributed by atoms with Crippen LogP contribution < -0.4 is 10.6 Å². The molecule has 1 heterocycles. The molecule has 0 saturated carbocycles. The summed E-state index contributed by atoms with van der Waals surface area (Å²) in [5, 5.41) is 5.85. The lowest BCUT2D eigenvalue weighted by molar-refractivity contribution is 0.102. The second-order valence-corrected chi connectivity index (χ2v) is 7.77. The summed E-state index contributed by atoms with van der Waals surface area (Å²) in [5.74, 6) is -3.20. The van der Waals surface area contributed by atoms with Crippen molar-refractivity contribution in [2.24, 2.45) is 0 Å². The number of aromatic nitrogens is 1. The summed E-state index contributed by atoms with van der Waals surface area (Å²) in [6, 6.07) is 15.2. The number of thioether (sulfide) groups is 1. The lowest BCUT2D eigenvalue weighted by Gasteiger charge is -2.09. The van der Waals surface area contributed by atoms with E-state index in [-0.39, 0.29) is 22.2 Å². The summed E-state index contributed by atoms with van der Waals surface area (Å²) in [6.07, 6.45) is -0.664. The van der Waals surface area contributed by atoms with Crippen molar-refractivity contribution in [2.75, 3.05) is 17.2 Å². The minimum atomic E-state index is -2.65. The summed E-state index contributed by atoms with van der Waals surface area (Å²) < 4.78 is 30.5. The number of nitrogens with one attached hydrogen (secondary N) is 2. The zero-order valence-corrected chi connectivity index (χ0v) is 17.4. The van der Waals surface area contributed by atoms with E-state index in [2.05, 4.69) is 15.6 Å².